The van der Waals surface area contributed by atoms with E-state index in [1.807, 2.05) is 37.3 Å². The third-order valence-electron chi connectivity index (χ3n) is 2.74. The van der Waals surface area contributed by atoms with Gasteiger partial charge in [0.15, 0.2) is 0 Å². The van der Waals surface area contributed by atoms with E-state index in [0.717, 1.165) is 5.56 Å². The fourth-order valence-corrected chi connectivity index (χ4v) is 2.07. The second kappa shape index (κ2) is 3.93. The second-order valence-corrected chi connectivity index (χ2v) is 4.59. The Kier molecular flexibility index (Phi) is 2.78. The molecule has 82 valence electrons. The summed E-state index contributed by atoms with van der Waals surface area (Å²) in [7, 11) is 0. The maximum Gasteiger partial charge on any atom is 0.0916 e. The molecule has 0 aromatic heterocycles. The van der Waals surface area contributed by atoms with Crippen molar-refractivity contribution in [2.45, 2.75) is 18.6 Å². The molecule has 0 amide bonds. The van der Waals surface area contributed by atoms with Crippen molar-refractivity contribution in [1.29, 1.82) is 0 Å². The van der Waals surface area contributed by atoms with Crippen LogP contribution in [-0.4, -0.2) is 40.3 Å². The Hall–Kier alpha value is -0.900. The third-order valence-corrected chi connectivity index (χ3v) is 2.74. The zero-order chi connectivity index (χ0) is 10.9. The molecule has 0 spiro atoms. The van der Waals surface area contributed by atoms with Crippen molar-refractivity contribution in [2.24, 2.45) is 0 Å². The lowest BCUT2D eigenvalue weighted by Crippen LogP contribution is -2.60. The highest BCUT2D eigenvalue weighted by Crippen LogP contribution is 2.23. The molecule has 1 atom stereocenters. The number of rotatable bonds is 3. The van der Waals surface area contributed by atoms with Gasteiger partial charge in [-0.2, -0.15) is 0 Å². The molecular weight excluding hydrogens is 190 g/mol. The second-order valence-electron chi connectivity index (χ2n) is 4.59. The highest BCUT2D eigenvalue weighted by molar-refractivity contribution is 5.17. The Morgan fingerprint density at radius 3 is 2.47 bits per heavy atom. The van der Waals surface area contributed by atoms with Gasteiger partial charge in [0, 0.05) is 19.6 Å². The molecule has 0 aliphatic carbocycles. The average Bonchev–Trinajstić information content (AvgIpc) is 2.16. The normalized spacial score (nSPS) is 22.1. The van der Waals surface area contributed by atoms with Gasteiger partial charge in [0.25, 0.3) is 0 Å². The highest BCUT2D eigenvalue weighted by atomic mass is 16.3. The summed E-state index contributed by atoms with van der Waals surface area (Å²) in [6.07, 6.45) is -0.456. The lowest BCUT2D eigenvalue weighted by molar-refractivity contribution is -0.0955. The van der Waals surface area contributed by atoms with Crippen molar-refractivity contribution < 1.29 is 10.2 Å². The van der Waals surface area contributed by atoms with E-state index in [1.165, 1.54) is 0 Å². The van der Waals surface area contributed by atoms with Gasteiger partial charge in [0.1, 0.15) is 0 Å². The lowest BCUT2D eigenvalue weighted by Gasteiger charge is -2.45. The van der Waals surface area contributed by atoms with Gasteiger partial charge in [-0.15, -0.1) is 0 Å². The van der Waals surface area contributed by atoms with Crippen LogP contribution in [0.5, 0.6) is 0 Å². The number of hydrogen-bond donors (Lipinski definition) is 2. The lowest BCUT2D eigenvalue weighted by atomic mass is 9.96. The largest absolute Gasteiger partial charge is 0.388 e. The fraction of sp³-hybridized carbons (Fsp3) is 0.500. The van der Waals surface area contributed by atoms with E-state index in [4.69, 9.17) is 0 Å². The number of aliphatic hydroxyl groups excluding tert-OH is 1. The van der Waals surface area contributed by atoms with Crippen molar-refractivity contribution in [3.8, 4) is 0 Å². The first-order valence-electron chi connectivity index (χ1n) is 5.25. The molecule has 1 fully saturated rings. The Morgan fingerprint density at radius 2 is 1.93 bits per heavy atom. The Morgan fingerprint density at radius 1 is 1.33 bits per heavy atom. The zero-order valence-corrected chi connectivity index (χ0v) is 8.93. The van der Waals surface area contributed by atoms with Crippen LogP contribution < -0.4 is 0 Å². The smallest absolute Gasteiger partial charge is 0.0916 e. The van der Waals surface area contributed by atoms with Crippen LogP contribution >= 0.6 is 0 Å². The summed E-state index contributed by atoms with van der Waals surface area (Å²) in [4.78, 5) is 2.05. The topological polar surface area (TPSA) is 43.7 Å². The van der Waals surface area contributed by atoms with Crippen LogP contribution in [-0.2, 0) is 0 Å². The maximum absolute atomic E-state index is 9.90. The van der Waals surface area contributed by atoms with Gasteiger partial charge in [-0.3, -0.25) is 4.90 Å². The minimum Gasteiger partial charge on any atom is -0.388 e. The number of benzene rings is 1. The minimum atomic E-state index is -0.559. The molecule has 15 heavy (non-hydrogen) atoms. The number of β-amino-alcohol motifs (C(OH)–C–C–N with tert-alkyl or cyclic N) is 2. The van der Waals surface area contributed by atoms with Crippen LogP contribution in [0.25, 0.3) is 0 Å². The molecule has 0 radical (unpaired) electrons. The minimum absolute atomic E-state index is 0.456. The first-order chi connectivity index (χ1) is 7.07. The van der Waals surface area contributed by atoms with E-state index in [2.05, 4.69) is 4.90 Å². The van der Waals surface area contributed by atoms with Crippen molar-refractivity contribution in [1.82, 2.24) is 4.90 Å². The van der Waals surface area contributed by atoms with Gasteiger partial charge < -0.3 is 10.2 Å². The molecule has 0 saturated carbocycles. The Balaban J connectivity index is 1.86. The highest BCUT2D eigenvalue weighted by Gasteiger charge is 2.37. The van der Waals surface area contributed by atoms with E-state index < -0.39 is 11.7 Å². The zero-order valence-electron chi connectivity index (χ0n) is 8.93. The summed E-state index contributed by atoms with van der Waals surface area (Å²) >= 11 is 0. The van der Waals surface area contributed by atoms with Crippen molar-refractivity contribution in [3.05, 3.63) is 35.9 Å². The van der Waals surface area contributed by atoms with Crippen LogP contribution in [0.1, 0.15) is 18.6 Å². The first kappa shape index (κ1) is 10.6. The molecule has 1 aliphatic rings. The molecule has 1 aromatic carbocycles. The Bertz CT molecular complexity index is 316. The van der Waals surface area contributed by atoms with Gasteiger partial charge >= 0.3 is 0 Å². The van der Waals surface area contributed by atoms with Crippen molar-refractivity contribution in [2.75, 3.05) is 19.6 Å². The molecule has 2 N–H and O–H groups in total. The van der Waals surface area contributed by atoms with E-state index in [-0.39, 0.29) is 0 Å². The standard InChI is InChI=1S/C12H17NO2/c1-12(15)8-13(9-12)7-11(14)10-5-3-2-4-6-10/h2-6,11,14-15H,7-9H2,1H3. The summed E-state index contributed by atoms with van der Waals surface area (Å²) in [5, 5.41) is 19.4. The van der Waals surface area contributed by atoms with Crippen LogP contribution in [0.4, 0.5) is 0 Å². The number of aliphatic hydroxyl groups is 2. The summed E-state index contributed by atoms with van der Waals surface area (Å²) < 4.78 is 0. The fourth-order valence-electron chi connectivity index (χ4n) is 2.07. The first-order valence-corrected chi connectivity index (χ1v) is 5.25. The van der Waals surface area contributed by atoms with E-state index in [9.17, 15) is 10.2 Å². The van der Waals surface area contributed by atoms with Crippen molar-refractivity contribution >= 4 is 0 Å². The predicted molar refractivity (Wildman–Crippen MR) is 58.5 cm³/mol. The Labute approximate surface area is 90.0 Å². The monoisotopic (exact) mass is 207 g/mol. The predicted octanol–water partition coefficient (Wildman–Crippen LogP) is 0.787. The van der Waals surface area contributed by atoms with E-state index in [1.54, 1.807) is 0 Å². The van der Waals surface area contributed by atoms with Crippen molar-refractivity contribution in [3.63, 3.8) is 0 Å². The van der Waals surface area contributed by atoms with Crippen LogP contribution in [0, 0.1) is 0 Å². The molecule has 1 heterocycles. The molecule has 0 bridgehead atoms. The summed E-state index contributed by atoms with van der Waals surface area (Å²) in [6, 6.07) is 9.62. The molecule has 3 heteroatoms. The van der Waals surface area contributed by atoms with Gasteiger partial charge in [-0.05, 0) is 12.5 Å². The molecule has 1 unspecified atom stereocenters. The van der Waals surface area contributed by atoms with Crippen LogP contribution in [0.2, 0.25) is 0 Å². The van der Waals surface area contributed by atoms with E-state index >= 15 is 0 Å². The molecular formula is C12H17NO2. The number of hydrogen-bond acceptors (Lipinski definition) is 3. The van der Waals surface area contributed by atoms with Gasteiger partial charge in [0.05, 0.1) is 11.7 Å². The van der Waals surface area contributed by atoms with Gasteiger partial charge in [0.2, 0.25) is 0 Å². The van der Waals surface area contributed by atoms with E-state index in [0.29, 0.717) is 19.6 Å². The average molecular weight is 207 g/mol. The maximum atomic E-state index is 9.90. The number of nitrogens with zero attached hydrogens (tertiary/aromatic N) is 1. The third kappa shape index (κ3) is 2.56. The molecule has 3 nitrogen and oxygen atoms in total. The summed E-state index contributed by atoms with van der Waals surface area (Å²) in [5.74, 6) is 0. The summed E-state index contributed by atoms with van der Waals surface area (Å²) in [5.41, 5.74) is 0.375. The van der Waals surface area contributed by atoms with Crippen LogP contribution in [0.3, 0.4) is 0 Å². The quantitative estimate of drug-likeness (QED) is 0.770. The molecule has 1 saturated heterocycles. The SMILES string of the molecule is CC1(O)CN(CC(O)c2ccccc2)C1. The molecule has 1 aromatic rings. The van der Waals surface area contributed by atoms with Gasteiger partial charge in [-0.25, -0.2) is 0 Å². The molecule has 2 rings (SSSR count). The van der Waals surface area contributed by atoms with Crippen LogP contribution in [0.15, 0.2) is 30.3 Å². The summed E-state index contributed by atoms with van der Waals surface area (Å²) in [6.45, 7) is 3.71. The number of likely N-dealkylation sites (tertiary alicyclic amines) is 1. The van der Waals surface area contributed by atoms with Gasteiger partial charge in [-0.1, -0.05) is 30.3 Å². The molecule has 1 aliphatic heterocycles.